The van der Waals surface area contributed by atoms with Crippen molar-refractivity contribution in [3.8, 4) is 0 Å². The van der Waals surface area contributed by atoms with Gasteiger partial charge in [0.25, 0.3) is 5.69 Å². The highest BCUT2D eigenvalue weighted by Crippen LogP contribution is 2.32. The van der Waals surface area contributed by atoms with Gasteiger partial charge in [0, 0.05) is 18.2 Å². The SMILES string of the molecule is CC(C)(C)Nc1c([N+](=O)[O-])ccc(CCO)c1F. The van der Waals surface area contributed by atoms with Crippen LogP contribution in [0.25, 0.3) is 0 Å². The molecule has 1 rings (SSSR count). The first-order valence-corrected chi connectivity index (χ1v) is 5.61. The van der Waals surface area contributed by atoms with Crippen LogP contribution in [0, 0.1) is 15.9 Å². The van der Waals surface area contributed by atoms with Crippen molar-refractivity contribution in [2.24, 2.45) is 0 Å². The molecule has 0 fully saturated rings. The minimum absolute atomic E-state index is 0.126. The number of nitro benzene ring substituents is 1. The Kier molecular flexibility index (Phi) is 4.24. The highest BCUT2D eigenvalue weighted by Gasteiger charge is 2.24. The Balaban J connectivity index is 3.31. The summed E-state index contributed by atoms with van der Waals surface area (Å²) >= 11 is 0. The largest absolute Gasteiger partial charge is 0.396 e. The Bertz CT molecular complexity index is 455. The Labute approximate surface area is 105 Å². The molecule has 0 amide bonds. The lowest BCUT2D eigenvalue weighted by atomic mass is 10.0. The third-order valence-corrected chi connectivity index (χ3v) is 2.28. The molecule has 0 spiro atoms. The lowest BCUT2D eigenvalue weighted by Crippen LogP contribution is -2.27. The fourth-order valence-corrected chi connectivity index (χ4v) is 1.57. The molecular weight excluding hydrogens is 239 g/mol. The van der Waals surface area contributed by atoms with Crippen LogP contribution in [-0.4, -0.2) is 22.2 Å². The van der Waals surface area contributed by atoms with Crippen molar-refractivity contribution in [3.63, 3.8) is 0 Å². The number of nitrogens with zero attached hydrogens (tertiary/aromatic N) is 1. The lowest BCUT2D eigenvalue weighted by Gasteiger charge is -2.23. The summed E-state index contributed by atoms with van der Waals surface area (Å²) in [5.41, 5.74) is -0.666. The molecule has 2 N–H and O–H groups in total. The minimum atomic E-state index is -0.673. The number of anilines is 1. The van der Waals surface area contributed by atoms with Gasteiger partial charge in [-0.05, 0) is 38.8 Å². The predicted molar refractivity (Wildman–Crippen MR) is 67.2 cm³/mol. The summed E-state index contributed by atoms with van der Waals surface area (Å²) in [7, 11) is 0. The number of benzene rings is 1. The first-order valence-electron chi connectivity index (χ1n) is 5.61. The lowest BCUT2D eigenvalue weighted by molar-refractivity contribution is -0.384. The van der Waals surface area contributed by atoms with Gasteiger partial charge < -0.3 is 10.4 Å². The van der Waals surface area contributed by atoms with Crippen LogP contribution < -0.4 is 5.32 Å². The van der Waals surface area contributed by atoms with Gasteiger partial charge in [-0.3, -0.25) is 10.1 Å². The molecule has 0 saturated heterocycles. The number of nitro groups is 1. The zero-order chi connectivity index (χ0) is 13.9. The Morgan fingerprint density at radius 1 is 1.44 bits per heavy atom. The molecule has 18 heavy (non-hydrogen) atoms. The molecular formula is C12H17FN2O3. The maximum Gasteiger partial charge on any atom is 0.295 e. The molecule has 0 aromatic heterocycles. The smallest absolute Gasteiger partial charge is 0.295 e. The van der Waals surface area contributed by atoms with Crippen molar-refractivity contribution < 1.29 is 14.4 Å². The summed E-state index contributed by atoms with van der Waals surface area (Å²) in [6.07, 6.45) is 0.128. The number of halogens is 1. The molecule has 0 aliphatic rings. The quantitative estimate of drug-likeness (QED) is 0.641. The molecule has 5 nitrogen and oxygen atoms in total. The van der Waals surface area contributed by atoms with Crippen molar-refractivity contribution in [2.75, 3.05) is 11.9 Å². The van der Waals surface area contributed by atoms with Gasteiger partial charge in [-0.1, -0.05) is 0 Å². The van der Waals surface area contributed by atoms with Gasteiger partial charge in [0.05, 0.1) is 4.92 Å². The molecule has 100 valence electrons. The minimum Gasteiger partial charge on any atom is -0.396 e. The van der Waals surface area contributed by atoms with Crippen molar-refractivity contribution >= 4 is 11.4 Å². The van der Waals surface area contributed by atoms with Gasteiger partial charge in [-0.25, -0.2) is 4.39 Å². The second kappa shape index (κ2) is 5.30. The van der Waals surface area contributed by atoms with E-state index in [1.807, 2.05) is 0 Å². The molecule has 0 atom stereocenters. The monoisotopic (exact) mass is 256 g/mol. The number of aliphatic hydroxyl groups is 1. The maximum absolute atomic E-state index is 14.1. The number of nitrogens with one attached hydrogen (secondary N) is 1. The number of hydrogen-bond acceptors (Lipinski definition) is 4. The average Bonchev–Trinajstić information content (AvgIpc) is 2.22. The summed E-state index contributed by atoms with van der Waals surface area (Å²) < 4.78 is 14.1. The van der Waals surface area contributed by atoms with Gasteiger partial charge in [0.2, 0.25) is 0 Å². The summed E-state index contributed by atoms with van der Waals surface area (Å²) in [5.74, 6) is -0.673. The Morgan fingerprint density at radius 3 is 2.50 bits per heavy atom. The molecule has 0 unspecified atom stereocenters. The van der Waals surface area contributed by atoms with Crippen molar-refractivity contribution in [2.45, 2.75) is 32.7 Å². The molecule has 1 aromatic rings. The third-order valence-electron chi connectivity index (χ3n) is 2.28. The van der Waals surface area contributed by atoms with E-state index in [2.05, 4.69) is 5.32 Å². The van der Waals surface area contributed by atoms with Crippen LogP contribution >= 0.6 is 0 Å². The highest BCUT2D eigenvalue weighted by atomic mass is 19.1. The van der Waals surface area contributed by atoms with Gasteiger partial charge in [0.15, 0.2) is 5.82 Å². The van der Waals surface area contributed by atoms with Crippen LogP contribution in [0.1, 0.15) is 26.3 Å². The van der Waals surface area contributed by atoms with E-state index in [4.69, 9.17) is 5.11 Å². The van der Waals surface area contributed by atoms with Crippen molar-refractivity contribution in [1.82, 2.24) is 0 Å². The van der Waals surface area contributed by atoms with E-state index < -0.39 is 16.3 Å². The zero-order valence-corrected chi connectivity index (χ0v) is 10.7. The molecule has 6 heteroatoms. The normalized spacial score (nSPS) is 11.4. The molecule has 1 aromatic carbocycles. The van der Waals surface area contributed by atoms with Crippen LogP contribution in [0.3, 0.4) is 0 Å². The first kappa shape index (κ1) is 14.4. The number of aliphatic hydroxyl groups excluding tert-OH is 1. The van der Waals surface area contributed by atoms with E-state index in [1.54, 1.807) is 20.8 Å². The van der Waals surface area contributed by atoms with Crippen molar-refractivity contribution in [3.05, 3.63) is 33.6 Å². The van der Waals surface area contributed by atoms with Crippen LogP contribution in [0.15, 0.2) is 12.1 Å². The topological polar surface area (TPSA) is 75.4 Å². The van der Waals surface area contributed by atoms with E-state index >= 15 is 0 Å². The number of rotatable bonds is 4. The molecule has 0 radical (unpaired) electrons. The molecule has 0 aliphatic heterocycles. The maximum atomic E-state index is 14.1. The second-order valence-corrected chi connectivity index (χ2v) is 5.04. The standard InChI is InChI=1S/C12H17FN2O3/c1-12(2,3)14-11-9(15(17)18)5-4-8(6-7-16)10(11)13/h4-5,14,16H,6-7H2,1-3H3. The summed E-state index contributed by atoms with van der Waals surface area (Å²) in [6, 6.07) is 2.58. The summed E-state index contributed by atoms with van der Waals surface area (Å²) in [6.45, 7) is 5.16. The van der Waals surface area contributed by atoms with Gasteiger partial charge >= 0.3 is 0 Å². The van der Waals surface area contributed by atoms with E-state index in [-0.39, 0.29) is 30.0 Å². The van der Waals surface area contributed by atoms with E-state index in [9.17, 15) is 14.5 Å². The molecule has 0 bridgehead atoms. The molecule has 0 saturated carbocycles. The van der Waals surface area contributed by atoms with Crippen molar-refractivity contribution in [1.29, 1.82) is 0 Å². The molecule has 0 heterocycles. The second-order valence-electron chi connectivity index (χ2n) is 5.04. The third kappa shape index (κ3) is 3.40. The number of hydrogen-bond donors (Lipinski definition) is 2. The van der Waals surface area contributed by atoms with E-state index in [0.717, 1.165) is 0 Å². The zero-order valence-electron chi connectivity index (χ0n) is 10.7. The Morgan fingerprint density at radius 2 is 2.06 bits per heavy atom. The molecule has 0 aliphatic carbocycles. The van der Waals surface area contributed by atoms with Gasteiger partial charge in [-0.2, -0.15) is 0 Å². The summed E-state index contributed by atoms with van der Waals surface area (Å²) in [5, 5.41) is 22.5. The Hall–Kier alpha value is -1.69. The summed E-state index contributed by atoms with van der Waals surface area (Å²) in [4.78, 5) is 10.3. The van der Waals surface area contributed by atoms with E-state index in [0.29, 0.717) is 0 Å². The fourth-order valence-electron chi connectivity index (χ4n) is 1.57. The average molecular weight is 256 g/mol. The fraction of sp³-hybridized carbons (Fsp3) is 0.500. The predicted octanol–water partition coefficient (Wildman–Crippen LogP) is 2.48. The van der Waals surface area contributed by atoms with Crippen LogP contribution in [0.5, 0.6) is 0 Å². The van der Waals surface area contributed by atoms with E-state index in [1.165, 1.54) is 12.1 Å². The van der Waals surface area contributed by atoms with Crippen LogP contribution in [0.4, 0.5) is 15.8 Å². The highest BCUT2D eigenvalue weighted by molar-refractivity contribution is 5.65. The van der Waals surface area contributed by atoms with Crippen LogP contribution in [0.2, 0.25) is 0 Å². The van der Waals surface area contributed by atoms with Gasteiger partial charge in [-0.15, -0.1) is 0 Å². The van der Waals surface area contributed by atoms with Crippen LogP contribution in [-0.2, 0) is 6.42 Å². The van der Waals surface area contributed by atoms with Gasteiger partial charge in [0.1, 0.15) is 5.69 Å². The first-order chi connectivity index (χ1) is 8.26.